The normalized spacial score (nSPS) is 15.3. The molecule has 1 aliphatic carbocycles. The Balaban J connectivity index is 1.82. The largest absolute Gasteiger partial charge is 0.352 e. The number of nitrogens with zero attached hydrogens (tertiary/aromatic N) is 1. The van der Waals surface area contributed by atoms with Crippen molar-refractivity contribution >= 4 is 58.2 Å². The monoisotopic (exact) mass is 514 g/mol. The number of nitrogens with one attached hydrogen (secondary N) is 1. The van der Waals surface area contributed by atoms with E-state index in [1.165, 1.54) is 11.3 Å². The summed E-state index contributed by atoms with van der Waals surface area (Å²) in [4.78, 5) is 27.9. The third-order valence-electron chi connectivity index (χ3n) is 5.85. The average molecular weight is 516 g/mol. The van der Waals surface area contributed by atoms with Gasteiger partial charge in [0.2, 0.25) is 11.8 Å². The summed E-state index contributed by atoms with van der Waals surface area (Å²) in [6, 6.07) is 9.70. The van der Waals surface area contributed by atoms with Crippen LogP contribution < -0.4 is 5.32 Å². The van der Waals surface area contributed by atoms with Crippen LogP contribution in [-0.4, -0.2) is 28.8 Å². The van der Waals surface area contributed by atoms with Gasteiger partial charge < -0.3 is 10.2 Å². The zero-order chi connectivity index (χ0) is 23.3. The summed E-state index contributed by atoms with van der Waals surface area (Å²) in [5, 5.41) is 4.80. The van der Waals surface area contributed by atoms with E-state index in [-0.39, 0.29) is 30.8 Å². The molecule has 0 heterocycles. The van der Waals surface area contributed by atoms with Crippen LogP contribution in [0.2, 0.25) is 20.1 Å². The predicted molar refractivity (Wildman–Crippen MR) is 132 cm³/mol. The Labute approximate surface area is 209 Å². The summed E-state index contributed by atoms with van der Waals surface area (Å²) in [6.07, 6.45) is 5.41. The average Bonchev–Trinajstić information content (AvgIpc) is 2.76. The summed E-state index contributed by atoms with van der Waals surface area (Å²) < 4.78 is 0. The maximum atomic E-state index is 13.4. The topological polar surface area (TPSA) is 49.4 Å². The minimum absolute atomic E-state index is 0.0695. The number of amides is 2. The number of rotatable bonds is 7. The van der Waals surface area contributed by atoms with Gasteiger partial charge in [-0.3, -0.25) is 9.59 Å². The highest BCUT2D eigenvalue weighted by Crippen LogP contribution is 2.28. The third-order valence-corrected chi connectivity index (χ3v) is 7.30. The van der Waals surface area contributed by atoms with Crippen LogP contribution in [0.1, 0.15) is 50.2 Å². The summed E-state index contributed by atoms with van der Waals surface area (Å²) >= 11 is 24.8. The van der Waals surface area contributed by atoms with E-state index in [1.54, 1.807) is 43.3 Å². The summed E-state index contributed by atoms with van der Waals surface area (Å²) in [7, 11) is 0. The number of benzene rings is 2. The van der Waals surface area contributed by atoms with E-state index in [4.69, 9.17) is 46.4 Å². The van der Waals surface area contributed by atoms with Gasteiger partial charge in [0.25, 0.3) is 0 Å². The van der Waals surface area contributed by atoms with Crippen molar-refractivity contribution in [2.45, 2.75) is 64.1 Å². The molecule has 1 atom stereocenters. The van der Waals surface area contributed by atoms with E-state index in [2.05, 4.69) is 5.32 Å². The van der Waals surface area contributed by atoms with E-state index >= 15 is 0 Å². The van der Waals surface area contributed by atoms with Crippen LogP contribution in [0.3, 0.4) is 0 Å². The van der Waals surface area contributed by atoms with Crippen molar-refractivity contribution < 1.29 is 9.59 Å². The van der Waals surface area contributed by atoms with Crippen LogP contribution in [0.15, 0.2) is 36.4 Å². The molecule has 2 aromatic carbocycles. The van der Waals surface area contributed by atoms with Crippen molar-refractivity contribution in [2.75, 3.05) is 0 Å². The lowest BCUT2D eigenvalue weighted by Gasteiger charge is -2.31. The molecule has 1 aliphatic rings. The fourth-order valence-electron chi connectivity index (χ4n) is 3.93. The molecule has 0 bridgehead atoms. The zero-order valence-electron chi connectivity index (χ0n) is 17.8. The molecule has 1 saturated carbocycles. The van der Waals surface area contributed by atoms with Crippen molar-refractivity contribution in [1.29, 1.82) is 0 Å². The maximum absolute atomic E-state index is 13.4. The Morgan fingerprint density at radius 3 is 2.25 bits per heavy atom. The van der Waals surface area contributed by atoms with Gasteiger partial charge in [0.15, 0.2) is 0 Å². The van der Waals surface area contributed by atoms with E-state index in [0.717, 1.165) is 25.7 Å². The molecule has 3 rings (SSSR count). The molecular weight excluding hydrogens is 490 g/mol. The Kier molecular flexibility index (Phi) is 9.13. The standard InChI is InChI=1S/C24H26Cl4N2O2/c1-15(24(32)29-17-6-3-2-4-7-17)30(14-18-19(25)8-5-9-20(18)26)23(31)13-16-10-11-21(27)22(28)12-16/h5,8-12,15,17H,2-4,6-7,13-14H2,1H3,(H,29,32). The van der Waals surface area contributed by atoms with Gasteiger partial charge in [-0.2, -0.15) is 0 Å². The van der Waals surface area contributed by atoms with Crippen LogP contribution in [-0.2, 0) is 22.6 Å². The van der Waals surface area contributed by atoms with Crippen molar-refractivity contribution in [3.8, 4) is 0 Å². The second-order valence-corrected chi connectivity index (χ2v) is 9.80. The fraction of sp³-hybridized carbons (Fsp3) is 0.417. The molecule has 1 unspecified atom stereocenters. The number of carbonyl (C=O) groups is 2. The van der Waals surface area contributed by atoms with Crippen LogP contribution >= 0.6 is 46.4 Å². The second-order valence-electron chi connectivity index (χ2n) is 8.17. The first-order valence-corrected chi connectivity index (χ1v) is 12.2. The highest BCUT2D eigenvalue weighted by molar-refractivity contribution is 6.42. The first-order chi connectivity index (χ1) is 15.3. The minimum Gasteiger partial charge on any atom is -0.352 e. The molecule has 2 aromatic rings. The van der Waals surface area contributed by atoms with Gasteiger partial charge in [-0.05, 0) is 49.6 Å². The lowest BCUT2D eigenvalue weighted by molar-refractivity contribution is -0.140. The molecule has 0 aromatic heterocycles. The van der Waals surface area contributed by atoms with Gasteiger partial charge in [-0.15, -0.1) is 0 Å². The second kappa shape index (κ2) is 11.6. The SMILES string of the molecule is CC(C(=O)NC1CCCCC1)N(Cc1c(Cl)cccc1Cl)C(=O)Cc1ccc(Cl)c(Cl)c1. The molecule has 32 heavy (non-hydrogen) atoms. The molecule has 4 nitrogen and oxygen atoms in total. The number of halogens is 4. The van der Waals surface area contributed by atoms with Crippen LogP contribution in [0, 0.1) is 0 Å². The molecule has 0 radical (unpaired) electrons. The number of hydrogen-bond acceptors (Lipinski definition) is 2. The van der Waals surface area contributed by atoms with Crippen molar-refractivity contribution in [3.05, 3.63) is 67.6 Å². The highest BCUT2D eigenvalue weighted by atomic mass is 35.5. The van der Waals surface area contributed by atoms with Crippen molar-refractivity contribution in [1.82, 2.24) is 10.2 Å². The summed E-state index contributed by atoms with van der Waals surface area (Å²) in [5.41, 5.74) is 1.31. The maximum Gasteiger partial charge on any atom is 0.242 e. The molecule has 1 N–H and O–H groups in total. The molecule has 0 aliphatic heterocycles. The molecular formula is C24H26Cl4N2O2. The third kappa shape index (κ3) is 6.54. The van der Waals surface area contributed by atoms with Crippen molar-refractivity contribution in [3.63, 3.8) is 0 Å². The number of carbonyl (C=O) groups excluding carboxylic acids is 2. The summed E-state index contributed by atoms with van der Waals surface area (Å²) in [6.45, 7) is 1.85. The van der Waals surface area contributed by atoms with Gasteiger partial charge in [0, 0.05) is 28.2 Å². The van der Waals surface area contributed by atoms with E-state index in [9.17, 15) is 9.59 Å². The highest BCUT2D eigenvalue weighted by Gasteiger charge is 2.29. The lowest BCUT2D eigenvalue weighted by atomic mass is 9.95. The summed E-state index contributed by atoms with van der Waals surface area (Å²) in [5.74, 6) is -0.409. The first kappa shape index (κ1) is 25.2. The van der Waals surface area contributed by atoms with E-state index < -0.39 is 6.04 Å². The Morgan fingerprint density at radius 2 is 1.62 bits per heavy atom. The first-order valence-electron chi connectivity index (χ1n) is 10.7. The minimum atomic E-state index is -0.695. The molecule has 1 fully saturated rings. The van der Waals surface area contributed by atoms with E-state index in [0.29, 0.717) is 31.2 Å². The van der Waals surface area contributed by atoms with Gasteiger partial charge in [0.05, 0.1) is 16.5 Å². The van der Waals surface area contributed by atoms with Crippen molar-refractivity contribution in [2.24, 2.45) is 0 Å². The molecule has 8 heteroatoms. The quantitative estimate of drug-likeness (QED) is 0.445. The molecule has 0 saturated heterocycles. The van der Waals surface area contributed by atoms with Crippen LogP contribution in [0.5, 0.6) is 0 Å². The Morgan fingerprint density at radius 1 is 0.969 bits per heavy atom. The molecule has 2 amide bonds. The van der Waals surface area contributed by atoms with Gasteiger partial charge in [0.1, 0.15) is 6.04 Å². The lowest BCUT2D eigenvalue weighted by Crippen LogP contribution is -2.50. The molecule has 172 valence electrons. The predicted octanol–water partition coefficient (Wildman–Crippen LogP) is 6.71. The van der Waals surface area contributed by atoms with E-state index in [1.807, 2.05) is 0 Å². The van der Waals surface area contributed by atoms with Gasteiger partial charge in [-0.1, -0.05) is 77.8 Å². The zero-order valence-corrected chi connectivity index (χ0v) is 20.9. The molecule has 0 spiro atoms. The Bertz CT molecular complexity index is 956. The van der Waals surface area contributed by atoms with Gasteiger partial charge in [-0.25, -0.2) is 0 Å². The van der Waals surface area contributed by atoms with Crippen LogP contribution in [0.25, 0.3) is 0 Å². The van der Waals surface area contributed by atoms with Crippen LogP contribution in [0.4, 0.5) is 0 Å². The number of hydrogen-bond donors (Lipinski definition) is 1. The van der Waals surface area contributed by atoms with Gasteiger partial charge >= 0.3 is 0 Å². The smallest absolute Gasteiger partial charge is 0.242 e. The Hall–Kier alpha value is -1.46. The fourth-order valence-corrected chi connectivity index (χ4v) is 4.77.